The standard InChI is InChI=1S/C17H24N2O3S/c1-17(2,3)22-16(21)19-10-6-13(7-11-19)12-23-15(20)14-4-8-18-9-5-14/h4-5,8-9,13H,6-7,10-12H2,1-3H3. The number of ether oxygens (including phenoxy) is 1. The number of carbonyl (C=O) groups excluding carboxylic acids is 2. The van der Waals surface area contributed by atoms with E-state index in [-0.39, 0.29) is 11.2 Å². The van der Waals surface area contributed by atoms with Crippen molar-refractivity contribution in [2.45, 2.75) is 39.2 Å². The molecule has 0 saturated carbocycles. The number of carbonyl (C=O) groups is 2. The van der Waals surface area contributed by atoms with E-state index in [4.69, 9.17) is 4.74 Å². The lowest BCUT2D eigenvalue weighted by Crippen LogP contribution is -2.42. The summed E-state index contributed by atoms with van der Waals surface area (Å²) in [7, 11) is 0. The number of amides is 1. The molecule has 0 atom stereocenters. The molecule has 1 aliphatic heterocycles. The summed E-state index contributed by atoms with van der Waals surface area (Å²) < 4.78 is 5.39. The van der Waals surface area contributed by atoms with E-state index in [1.165, 1.54) is 11.8 Å². The van der Waals surface area contributed by atoms with Crippen LogP contribution in [0.15, 0.2) is 24.5 Å². The average molecular weight is 336 g/mol. The Morgan fingerprint density at radius 1 is 1.26 bits per heavy atom. The summed E-state index contributed by atoms with van der Waals surface area (Å²) in [5, 5.41) is 0.0852. The van der Waals surface area contributed by atoms with Crippen molar-refractivity contribution in [1.82, 2.24) is 9.88 Å². The van der Waals surface area contributed by atoms with Crippen molar-refractivity contribution < 1.29 is 14.3 Å². The molecule has 23 heavy (non-hydrogen) atoms. The highest BCUT2D eigenvalue weighted by molar-refractivity contribution is 8.14. The third-order valence-electron chi connectivity index (χ3n) is 3.63. The molecule has 1 aromatic heterocycles. The molecule has 0 unspecified atom stereocenters. The Labute approximate surface area is 141 Å². The van der Waals surface area contributed by atoms with Gasteiger partial charge in [0.05, 0.1) is 0 Å². The van der Waals surface area contributed by atoms with Crippen LogP contribution in [0.1, 0.15) is 44.0 Å². The monoisotopic (exact) mass is 336 g/mol. The van der Waals surface area contributed by atoms with Gasteiger partial charge >= 0.3 is 6.09 Å². The number of piperidine rings is 1. The first-order valence-corrected chi connectivity index (χ1v) is 8.89. The van der Waals surface area contributed by atoms with Gasteiger partial charge in [0.1, 0.15) is 5.60 Å². The van der Waals surface area contributed by atoms with E-state index >= 15 is 0 Å². The van der Waals surface area contributed by atoms with E-state index in [9.17, 15) is 9.59 Å². The van der Waals surface area contributed by atoms with E-state index in [0.717, 1.165) is 18.6 Å². The summed E-state index contributed by atoms with van der Waals surface area (Å²) in [5.41, 5.74) is 0.233. The first-order chi connectivity index (χ1) is 10.8. The molecule has 0 aromatic carbocycles. The predicted octanol–water partition coefficient (Wildman–Crippen LogP) is 3.60. The number of likely N-dealkylation sites (tertiary alicyclic amines) is 1. The largest absolute Gasteiger partial charge is 0.444 e. The van der Waals surface area contributed by atoms with E-state index in [1.54, 1.807) is 29.4 Å². The molecule has 1 aliphatic rings. The minimum atomic E-state index is -0.458. The number of rotatable bonds is 3. The Morgan fingerprint density at radius 3 is 2.43 bits per heavy atom. The highest BCUT2D eigenvalue weighted by Gasteiger charge is 2.27. The molecule has 1 aromatic rings. The summed E-state index contributed by atoms with van der Waals surface area (Å²) in [5.74, 6) is 1.26. The Morgan fingerprint density at radius 2 is 1.87 bits per heavy atom. The molecule has 126 valence electrons. The van der Waals surface area contributed by atoms with Crippen LogP contribution in [0.3, 0.4) is 0 Å². The molecule has 1 amide bonds. The molecule has 2 rings (SSSR count). The molecule has 6 heteroatoms. The van der Waals surface area contributed by atoms with Gasteiger partial charge in [0.25, 0.3) is 0 Å². The van der Waals surface area contributed by atoms with Crippen molar-refractivity contribution in [3.63, 3.8) is 0 Å². The number of nitrogens with zero attached hydrogens (tertiary/aromatic N) is 2. The highest BCUT2D eigenvalue weighted by Crippen LogP contribution is 2.24. The van der Waals surface area contributed by atoms with Gasteiger partial charge in [-0.25, -0.2) is 4.79 Å². The number of hydrogen-bond acceptors (Lipinski definition) is 5. The van der Waals surface area contributed by atoms with Crippen LogP contribution in [0, 0.1) is 5.92 Å². The SMILES string of the molecule is CC(C)(C)OC(=O)N1CCC(CSC(=O)c2ccncc2)CC1. The van der Waals surface area contributed by atoms with Crippen LogP contribution in [0.2, 0.25) is 0 Å². The lowest BCUT2D eigenvalue weighted by atomic mass is 9.99. The fourth-order valence-corrected chi connectivity index (χ4v) is 3.40. The van der Waals surface area contributed by atoms with Gasteiger partial charge in [-0.3, -0.25) is 9.78 Å². The van der Waals surface area contributed by atoms with Gasteiger partial charge in [-0.2, -0.15) is 0 Å². The fourth-order valence-electron chi connectivity index (χ4n) is 2.37. The molecular formula is C17H24N2O3S. The molecule has 5 nitrogen and oxygen atoms in total. The van der Waals surface area contributed by atoms with Crippen LogP contribution in [0.25, 0.3) is 0 Å². The van der Waals surface area contributed by atoms with Crippen LogP contribution in [0.4, 0.5) is 4.79 Å². The lowest BCUT2D eigenvalue weighted by molar-refractivity contribution is 0.0191. The summed E-state index contributed by atoms with van der Waals surface area (Å²) in [6.07, 6.45) is 4.85. The first-order valence-electron chi connectivity index (χ1n) is 7.90. The maximum absolute atomic E-state index is 12.1. The fraction of sp³-hybridized carbons (Fsp3) is 0.588. The van der Waals surface area contributed by atoms with E-state index in [2.05, 4.69) is 4.98 Å². The van der Waals surface area contributed by atoms with Crippen LogP contribution in [0.5, 0.6) is 0 Å². The topological polar surface area (TPSA) is 59.5 Å². The molecule has 0 radical (unpaired) electrons. The molecule has 0 bridgehead atoms. The van der Waals surface area contributed by atoms with Crippen molar-refractivity contribution in [3.8, 4) is 0 Å². The van der Waals surface area contributed by atoms with Gasteiger partial charge in [-0.05, 0) is 51.7 Å². The average Bonchev–Trinajstić information content (AvgIpc) is 2.52. The normalized spacial score (nSPS) is 16.2. The number of hydrogen-bond donors (Lipinski definition) is 0. The Balaban J connectivity index is 1.73. The van der Waals surface area contributed by atoms with Gasteiger partial charge in [0.2, 0.25) is 5.12 Å². The van der Waals surface area contributed by atoms with Crippen LogP contribution in [-0.4, -0.2) is 45.5 Å². The molecule has 0 spiro atoms. The van der Waals surface area contributed by atoms with Crippen LogP contribution < -0.4 is 0 Å². The Hall–Kier alpha value is -1.56. The molecule has 0 aliphatic carbocycles. The zero-order valence-electron chi connectivity index (χ0n) is 13.9. The van der Waals surface area contributed by atoms with E-state index in [0.29, 0.717) is 24.6 Å². The van der Waals surface area contributed by atoms with Crippen LogP contribution >= 0.6 is 11.8 Å². The van der Waals surface area contributed by atoms with Crippen molar-refractivity contribution in [3.05, 3.63) is 30.1 Å². The third kappa shape index (κ3) is 5.86. The maximum Gasteiger partial charge on any atom is 0.410 e. The predicted molar refractivity (Wildman–Crippen MR) is 91.6 cm³/mol. The zero-order valence-corrected chi connectivity index (χ0v) is 14.8. The number of aromatic nitrogens is 1. The Bertz CT molecular complexity index is 535. The van der Waals surface area contributed by atoms with Crippen molar-refractivity contribution in [2.75, 3.05) is 18.8 Å². The first kappa shape index (κ1) is 17.8. The minimum absolute atomic E-state index is 0.0852. The summed E-state index contributed by atoms with van der Waals surface area (Å²) in [6, 6.07) is 3.47. The van der Waals surface area contributed by atoms with E-state index < -0.39 is 5.60 Å². The van der Waals surface area contributed by atoms with Crippen molar-refractivity contribution >= 4 is 23.0 Å². The molecular weight excluding hydrogens is 312 g/mol. The van der Waals surface area contributed by atoms with Gasteiger partial charge in [-0.1, -0.05) is 11.8 Å². The maximum atomic E-state index is 12.1. The summed E-state index contributed by atoms with van der Waals surface area (Å²) in [4.78, 5) is 29.8. The van der Waals surface area contributed by atoms with Gasteiger partial charge in [0, 0.05) is 36.8 Å². The number of thioether (sulfide) groups is 1. The van der Waals surface area contributed by atoms with Gasteiger partial charge in [0.15, 0.2) is 0 Å². The third-order valence-corrected chi connectivity index (χ3v) is 4.77. The van der Waals surface area contributed by atoms with E-state index in [1.807, 2.05) is 20.8 Å². The lowest BCUT2D eigenvalue weighted by Gasteiger charge is -2.33. The van der Waals surface area contributed by atoms with Crippen LogP contribution in [-0.2, 0) is 4.74 Å². The van der Waals surface area contributed by atoms with Crippen molar-refractivity contribution in [1.29, 1.82) is 0 Å². The second kappa shape index (κ2) is 7.81. The molecule has 1 fully saturated rings. The van der Waals surface area contributed by atoms with Gasteiger partial charge < -0.3 is 9.64 Å². The summed E-state index contributed by atoms with van der Waals surface area (Å²) in [6.45, 7) is 7.02. The second-order valence-electron chi connectivity index (χ2n) is 6.75. The molecule has 1 saturated heterocycles. The molecule has 0 N–H and O–H groups in total. The summed E-state index contributed by atoms with van der Waals surface area (Å²) >= 11 is 1.35. The van der Waals surface area contributed by atoms with Crippen molar-refractivity contribution in [2.24, 2.45) is 5.92 Å². The van der Waals surface area contributed by atoms with Gasteiger partial charge in [-0.15, -0.1) is 0 Å². The smallest absolute Gasteiger partial charge is 0.410 e. The number of pyridine rings is 1. The second-order valence-corrected chi connectivity index (χ2v) is 7.74. The zero-order chi connectivity index (χ0) is 16.9. The Kier molecular flexibility index (Phi) is 6.04. The molecule has 2 heterocycles. The quantitative estimate of drug-likeness (QED) is 0.844. The highest BCUT2D eigenvalue weighted by atomic mass is 32.2. The minimum Gasteiger partial charge on any atom is -0.444 e.